The van der Waals surface area contributed by atoms with E-state index < -0.39 is 33.8 Å². The third-order valence-corrected chi connectivity index (χ3v) is 2.76. The van der Waals surface area contributed by atoms with Gasteiger partial charge in [-0.25, -0.2) is 4.74 Å². The lowest BCUT2D eigenvalue weighted by Crippen LogP contribution is -2.55. The molecule has 0 heterocycles. The first-order chi connectivity index (χ1) is 8.02. The number of hydrogen-bond donors (Lipinski definition) is 0. The Morgan fingerprint density at radius 1 is 0.789 bits per heavy atom. The predicted octanol–water partition coefficient (Wildman–Crippen LogP) is 2.32. The Kier molecular flexibility index (Phi) is 4.47. The molecule has 0 aromatic carbocycles. The van der Waals surface area contributed by atoms with E-state index in [0.29, 0.717) is 0 Å². The van der Waals surface area contributed by atoms with Crippen LogP contribution in [0.25, 0.3) is 0 Å². The number of rotatable bonds is 5. The molecule has 0 spiro atoms. The van der Waals surface area contributed by atoms with Crippen LogP contribution in [0.2, 0.25) is 0 Å². The van der Waals surface area contributed by atoms with Crippen molar-refractivity contribution in [3.8, 4) is 0 Å². The predicted molar refractivity (Wildman–Crippen MR) is 37.9 cm³/mol. The van der Waals surface area contributed by atoms with Crippen LogP contribution >= 0.6 is 0 Å². The second kappa shape index (κ2) is 4.66. The van der Waals surface area contributed by atoms with Gasteiger partial charge in [-0.1, -0.05) is 0 Å². The number of ether oxygens (including phenoxy) is 1. The summed E-state index contributed by atoms with van der Waals surface area (Å²) in [6.45, 7) is 0. The molecule has 0 fully saturated rings. The molecule has 0 aromatic rings. The third-order valence-electron chi connectivity index (χ3n) is 1.46. The molecule has 0 bridgehead atoms. The van der Waals surface area contributed by atoms with Crippen LogP contribution < -0.4 is 0 Å². The Hall–Kier alpha value is -0.760. The maximum atomic E-state index is 12.6. The van der Waals surface area contributed by atoms with Crippen molar-refractivity contribution in [2.45, 2.75) is 23.6 Å². The van der Waals surface area contributed by atoms with Gasteiger partial charge in [0, 0.05) is 0 Å². The molecule has 0 saturated carbocycles. The fourth-order valence-corrected chi connectivity index (χ4v) is 1.07. The zero-order valence-corrected chi connectivity index (χ0v) is 9.26. The van der Waals surface area contributed by atoms with Crippen LogP contribution in [0.15, 0.2) is 0 Å². The van der Waals surface area contributed by atoms with E-state index in [-0.39, 0.29) is 7.11 Å². The molecule has 19 heavy (non-hydrogen) atoms. The van der Waals surface area contributed by atoms with Crippen molar-refractivity contribution in [1.82, 2.24) is 0 Å². The average Bonchev–Trinajstić information content (AvgIpc) is 2.13. The normalized spacial score (nSPS) is 15.7. The second-order valence-electron chi connectivity index (χ2n) is 2.77. The Morgan fingerprint density at radius 2 is 1.16 bits per heavy atom. The smallest absolute Gasteiger partial charge is 0.269 e. The maximum absolute atomic E-state index is 12.6. The topological polar surface area (TPSA) is 52.6 Å². The van der Waals surface area contributed by atoms with E-state index in [4.69, 9.17) is 0 Å². The molecule has 116 valence electrons. The van der Waals surface area contributed by atoms with Gasteiger partial charge in [0.1, 0.15) is 0 Å². The minimum Gasteiger partial charge on any atom is -0.269 e. The van der Waals surface area contributed by atoms with E-state index in [1.807, 2.05) is 0 Å². The lowest BCUT2D eigenvalue weighted by atomic mass is 10.5. The molecule has 0 amide bonds. The summed E-state index contributed by atoms with van der Waals surface area (Å²) in [5.41, 5.74) is 0. The second-order valence-corrected chi connectivity index (χ2v) is 4.53. The zero-order valence-electron chi connectivity index (χ0n) is 8.44. The van der Waals surface area contributed by atoms with Gasteiger partial charge in [-0.2, -0.15) is 47.9 Å². The molecule has 0 aromatic heterocycles. The summed E-state index contributed by atoms with van der Waals surface area (Å²) in [5, 5.41) is -6.47. The van der Waals surface area contributed by atoms with Crippen molar-refractivity contribution in [3.63, 3.8) is 0 Å². The summed E-state index contributed by atoms with van der Waals surface area (Å²) in [6.07, 6.45) is -20.2. The summed E-state index contributed by atoms with van der Waals surface area (Å²) >= 11 is 0. The highest BCUT2D eigenvalue weighted by Crippen LogP contribution is 2.47. The monoisotopic (exact) mass is 330 g/mol. The molecular weight excluding hydrogens is 327 g/mol. The molecular formula is C5H3F9O4S. The number of halogens is 9. The van der Waals surface area contributed by atoms with Gasteiger partial charge in [0.2, 0.25) is 0 Å². The van der Waals surface area contributed by atoms with Crippen molar-refractivity contribution < 1.29 is 56.9 Å². The van der Waals surface area contributed by atoms with Crippen molar-refractivity contribution in [2.24, 2.45) is 0 Å². The van der Waals surface area contributed by atoms with Crippen LogP contribution in [0, 0.1) is 0 Å². The minimum absolute atomic E-state index is 0.0405. The van der Waals surface area contributed by atoms with Crippen LogP contribution in [0.3, 0.4) is 0 Å². The first-order valence-electron chi connectivity index (χ1n) is 3.72. The molecule has 0 atom stereocenters. The molecule has 0 rings (SSSR count). The van der Waals surface area contributed by atoms with Gasteiger partial charge in [-0.05, 0) is 0 Å². The van der Waals surface area contributed by atoms with E-state index in [1.165, 1.54) is 0 Å². The van der Waals surface area contributed by atoms with E-state index in [2.05, 4.69) is 4.18 Å². The van der Waals surface area contributed by atoms with Crippen LogP contribution in [0.5, 0.6) is 0 Å². The largest absolute Gasteiger partial charge is 0.483 e. The number of alkyl halides is 9. The fraction of sp³-hybridized carbons (Fsp3) is 1.00. The minimum atomic E-state index is -6.76. The standard InChI is InChI=1S/C5H3F9O4S/c1-17-19(15,16)5(13,14)4(11,12)18-3(9,10)2(6,7)8/h1H3. The van der Waals surface area contributed by atoms with Crippen molar-refractivity contribution >= 4 is 10.1 Å². The van der Waals surface area contributed by atoms with Gasteiger partial charge < -0.3 is 0 Å². The highest BCUT2D eigenvalue weighted by Gasteiger charge is 2.75. The Balaban J connectivity index is 5.55. The molecule has 0 N–H and O–H groups in total. The maximum Gasteiger partial charge on any atom is 0.483 e. The van der Waals surface area contributed by atoms with E-state index in [0.717, 1.165) is 0 Å². The van der Waals surface area contributed by atoms with E-state index in [9.17, 15) is 47.9 Å². The molecule has 4 nitrogen and oxygen atoms in total. The van der Waals surface area contributed by atoms with Crippen LogP contribution in [-0.2, 0) is 19.0 Å². The highest BCUT2D eigenvalue weighted by molar-refractivity contribution is 7.87. The van der Waals surface area contributed by atoms with Crippen molar-refractivity contribution in [1.29, 1.82) is 0 Å². The zero-order chi connectivity index (χ0) is 15.9. The van der Waals surface area contributed by atoms with Gasteiger partial charge in [0.15, 0.2) is 0 Å². The molecule has 0 aliphatic carbocycles. The van der Waals surface area contributed by atoms with Crippen molar-refractivity contribution in [2.75, 3.05) is 7.11 Å². The van der Waals surface area contributed by atoms with Crippen molar-refractivity contribution in [3.05, 3.63) is 0 Å². The van der Waals surface area contributed by atoms with Gasteiger partial charge in [-0.3, -0.25) is 4.18 Å². The number of hydrogen-bond acceptors (Lipinski definition) is 4. The average molecular weight is 330 g/mol. The lowest BCUT2D eigenvalue weighted by molar-refractivity contribution is -0.476. The third kappa shape index (κ3) is 3.22. The van der Waals surface area contributed by atoms with Gasteiger partial charge in [-0.15, -0.1) is 0 Å². The van der Waals surface area contributed by atoms with E-state index in [1.54, 1.807) is 4.74 Å². The highest BCUT2D eigenvalue weighted by atomic mass is 32.2. The summed E-state index contributed by atoms with van der Waals surface area (Å²) < 4.78 is 134. The van der Waals surface area contributed by atoms with Gasteiger partial charge >= 0.3 is 33.8 Å². The quantitative estimate of drug-likeness (QED) is 0.573. The Labute approximate surface area is 98.8 Å². The Bertz CT molecular complexity index is 424. The summed E-state index contributed by atoms with van der Waals surface area (Å²) in [6, 6.07) is 0. The van der Waals surface area contributed by atoms with Crippen LogP contribution in [0.4, 0.5) is 39.5 Å². The Morgan fingerprint density at radius 3 is 1.42 bits per heavy atom. The first kappa shape index (κ1) is 18.2. The first-order valence-corrected chi connectivity index (χ1v) is 5.13. The molecule has 0 aliphatic heterocycles. The molecule has 0 radical (unpaired) electrons. The molecule has 0 aliphatic rings. The van der Waals surface area contributed by atoms with Crippen LogP contribution in [-0.4, -0.2) is 39.2 Å². The molecule has 14 heteroatoms. The van der Waals surface area contributed by atoms with Gasteiger partial charge in [0.25, 0.3) is 0 Å². The molecule has 0 saturated heterocycles. The van der Waals surface area contributed by atoms with Gasteiger partial charge in [0.05, 0.1) is 7.11 Å². The fourth-order valence-electron chi connectivity index (χ4n) is 0.528. The lowest BCUT2D eigenvalue weighted by Gasteiger charge is -2.28. The summed E-state index contributed by atoms with van der Waals surface area (Å²) in [4.78, 5) is 0. The summed E-state index contributed by atoms with van der Waals surface area (Å²) in [7, 11) is -6.52. The summed E-state index contributed by atoms with van der Waals surface area (Å²) in [5.74, 6) is 0. The van der Waals surface area contributed by atoms with Crippen LogP contribution in [0.1, 0.15) is 0 Å². The molecule has 0 unspecified atom stereocenters. The SMILES string of the molecule is COS(=O)(=O)C(F)(F)C(F)(F)OC(F)(F)C(F)(F)F. The van der Waals surface area contributed by atoms with E-state index >= 15 is 0 Å².